The van der Waals surface area contributed by atoms with Gasteiger partial charge in [-0.05, 0) is 31.1 Å². The van der Waals surface area contributed by atoms with Crippen LogP contribution in [0.4, 0.5) is 0 Å². The van der Waals surface area contributed by atoms with Gasteiger partial charge in [-0.3, -0.25) is 14.4 Å². The summed E-state index contributed by atoms with van der Waals surface area (Å²) in [4.78, 5) is 38.1. The van der Waals surface area contributed by atoms with Crippen molar-refractivity contribution in [3.05, 3.63) is 0 Å². The Bertz CT molecular complexity index is 978. The van der Waals surface area contributed by atoms with Crippen molar-refractivity contribution in [1.82, 2.24) is 0 Å². The predicted molar refractivity (Wildman–Crippen MR) is 275 cm³/mol. The van der Waals surface area contributed by atoms with E-state index in [2.05, 4.69) is 34.6 Å². The third-order valence-corrected chi connectivity index (χ3v) is 13.2. The molecular formula is C58H112O6. The minimum atomic E-state index is -0.762. The van der Waals surface area contributed by atoms with E-state index in [0.717, 1.165) is 69.6 Å². The molecule has 1 atom stereocenters. The van der Waals surface area contributed by atoms with Gasteiger partial charge in [0.15, 0.2) is 6.10 Å². The number of rotatable bonds is 52. The van der Waals surface area contributed by atoms with E-state index in [1.807, 2.05) is 0 Å². The van der Waals surface area contributed by atoms with Crippen LogP contribution in [0, 0.1) is 11.8 Å². The maximum absolute atomic E-state index is 12.8. The summed E-state index contributed by atoms with van der Waals surface area (Å²) >= 11 is 0. The fraction of sp³-hybridized carbons (Fsp3) is 0.948. The van der Waals surface area contributed by atoms with Gasteiger partial charge in [0.2, 0.25) is 0 Å². The minimum Gasteiger partial charge on any atom is -0.462 e. The average molecular weight is 906 g/mol. The van der Waals surface area contributed by atoms with Gasteiger partial charge >= 0.3 is 17.9 Å². The molecule has 0 aliphatic heterocycles. The van der Waals surface area contributed by atoms with Crippen LogP contribution in [0.3, 0.4) is 0 Å². The van der Waals surface area contributed by atoms with E-state index in [0.29, 0.717) is 19.3 Å². The van der Waals surface area contributed by atoms with Crippen molar-refractivity contribution in [2.45, 2.75) is 330 Å². The van der Waals surface area contributed by atoms with Crippen molar-refractivity contribution in [1.29, 1.82) is 0 Å². The second-order valence-electron chi connectivity index (χ2n) is 20.9. The minimum absolute atomic E-state index is 0.0629. The van der Waals surface area contributed by atoms with E-state index in [1.165, 1.54) is 212 Å². The largest absolute Gasteiger partial charge is 0.462 e. The zero-order valence-electron chi connectivity index (χ0n) is 43.9. The Kier molecular flexibility index (Phi) is 49.6. The zero-order valence-corrected chi connectivity index (χ0v) is 43.9. The highest BCUT2D eigenvalue weighted by molar-refractivity contribution is 5.71. The molecule has 0 fully saturated rings. The van der Waals surface area contributed by atoms with Crippen molar-refractivity contribution in [3.8, 4) is 0 Å². The fourth-order valence-electron chi connectivity index (χ4n) is 8.87. The van der Waals surface area contributed by atoms with E-state index in [4.69, 9.17) is 14.2 Å². The first-order valence-corrected chi connectivity index (χ1v) is 28.7. The van der Waals surface area contributed by atoms with E-state index < -0.39 is 6.10 Å². The first kappa shape index (κ1) is 62.4. The molecule has 0 aliphatic carbocycles. The van der Waals surface area contributed by atoms with Crippen LogP contribution in [0.25, 0.3) is 0 Å². The lowest BCUT2D eigenvalue weighted by Crippen LogP contribution is -2.30. The molecule has 0 aromatic heterocycles. The van der Waals surface area contributed by atoms with Gasteiger partial charge in [0.05, 0.1) is 0 Å². The van der Waals surface area contributed by atoms with E-state index in [-0.39, 0.29) is 31.1 Å². The Morgan fingerprint density at radius 1 is 0.297 bits per heavy atom. The molecule has 0 spiro atoms. The van der Waals surface area contributed by atoms with Crippen LogP contribution in [0.15, 0.2) is 0 Å². The lowest BCUT2D eigenvalue weighted by Gasteiger charge is -2.18. The van der Waals surface area contributed by atoms with Crippen molar-refractivity contribution < 1.29 is 28.6 Å². The van der Waals surface area contributed by atoms with Crippen LogP contribution in [0.5, 0.6) is 0 Å². The molecule has 0 bridgehead atoms. The molecule has 0 aromatic carbocycles. The molecule has 0 saturated heterocycles. The molecule has 6 nitrogen and oxygen atoms in total. The number of carbonyl (C=O) groups excluding carboxylic acids is 3. The van der Waals surface area contributed by atoms with E-state index >= 15 is 0 Å². The second-order valence-corrected chi connectivity index (χ2v) is 20.9. The number of carbonyl (C=O) groups is 3. The molecule has 0 heterocycles. The summed E-state index contributed by atoms with van der Waals surface area (Å²) in [6.45, 7) is 11.4. The first-order chi connectivity index (χ1) is 31.2. The van der Waals surface area contributed by atoms with Crippen molar-refractivity contribution in [2.75, 3.05) is 13.2 Å². The highest BCUT2D eigenvalue weighted by Crippen LogP contribution is 2.18. The lowest BCUT2D eigenvalue weighted by atomic mass is 10.0. The first-order valence-electron chi connectivity index (χ1n) is 28.7. The van der Waals surface area contributed by atoms with E-state index in [1.54, 1.807) is 0 Å². The lowest BCUT2D eigenvalue weighted by molar-refractivity contribution is -0.167. The van der Waals surface area contributed by atoms with Crippen LogP contribution in [0.1, 0.15) is 324 Å². The topological polar surface area (TPSA) is 78.9 Å². The zero-order chi connectivity index (χ0) is 46.8. The smallest absolute Gasteiger partial charge is 0.306 e. The molecule has 0 aliphatic rings. The van der Waals surface area contributed by atoms with Gasteiger partial charge in [-0.1, -0.05) is 285 Å². The molecule has 64 heavy (non-hydrogen) atoms. The van der Waals surface area contributed by atoms with Gasteiger partial charge in [0.1, 0.15) is 13.2 Å². The Morgan fingerprint density at radius 2 is 0.516 bits per heavy atom. The van der Waals surface area contributed by atoms with Gasteiger partial charge in [-0.15, -0.1) is 0 Å². The molecule has 380 valence electrons. The maximum Gasteiger partial charge on any atom is 0.306 e. The summed E-state index contributed by atoms with van der Waals surface area (Å²) < 4.78 is 16.9. The van der Waals surface area contributed by atoms with Crippen molar-refractivity contribution in [3.63, 3.8) is 0 Å². The third kappa shape index (κ3) is 51.4. The molecule has 0 aromatic rings. The fourth-order valence-corrected chi connectivity index (χ4v) is 8.87. The number of ether oxygens (including phenoxy) is 3. The molecule has 0 N–H and O–H groups in total. The number of esters is 3. The number of unbranched alkanes of at least 4 members (excludes halogenated alkanes) is 37. The normalized spacial score (nSPS) is 12.0. The number of hydrogen-bond acceptors (Lipinski definition) is 6. The van der Waals surface area contributed by atoms with Crippen LogP contribution in [-0.4, -0.2) is 37.2 Å². The Hall–Kier alpha value is -1.59. The van der Waals surface area contributed by atoms with Gasteiger partial charge in [0, 0.05) is 19.3 Å². The SMILES string of the molecule is CCCCCCCCCCCCCCCCCCC(=O)O[C@@H](COC(=O)CCCCCCCCCCCCCCCCCC(C)C)COC(=O)CCCCCCCCCCCC(C)C. The van der Waals surface area contributed by atoms with Crippen LogP contribution in [-0.2, 0) is 28.6 Å². The summed E-state index contributed by atoms with van der Waals surface area (Å²) in [5.74, 6) is 0.817. The molecule has 0 radical (unpaired) electrons. The van der Waals surface area contributed by atoms with Crippen LogP contribution < -0.4 is 0 Å². The van der Waals surface area contributed by atoms with Crippen molar-refractivity contribution in [2.24, 2.45) is 11.8 Å². The average Bonchev–Trinajstić information content (AvgIpc) is 3.27. The molecule has 0 saturated carbocycles. The highest BCUT2D eigenvalue weighted by Gasteiger charge is 2.19. The summed E-state index contributed by atoms with van der Waals surface area (Å²) in [6, 6.07) is 0. The molecule has 0 unspecified atom stereocenters. The maximum atomic E-state index is 12.8. The molecule has 0 amide bonds. The Labute approximate surface area is 399 Å². The molecular weight excluding hydrogens is 793 g/mol. The summed E-state index contributed by atoms with van der Waals surface area (Å²) in [5, 5.41) is 0. The molecule has 6 heteroatoms. The van der Waals surface area contributed by atoms with Gasteiger partial charge < -0.3 is 14.2 Å². The quantitative estimate of drug-likeness (QED) is 0.0344. The van der Waals surface area contributed by atoms with Gasteiger partial charge in [-0.25, -0.2) is 0 Å². The molecule has 0 rings (SSSR count). The second kappa shape index (κ2) is 50.8. The van der Waals surface area contributed by atoms with Crippen molar-refractivity contribution >= 4 is 17.9 Å². The standard InChI is InChI=1S/C58H112O6/c1-6-7-8-9-10-11-12-13-14-17-21-24-29-35-40-45-50-58(61)64-55(52-63-57(60)49-44-39-34-30-25-27-32-37-42-47-54(4)5)51-62-56(59)48-43-38-33-28-23-20-18-15-16-19-22-26-31-36-41-46-53(2)3/h53-55H,6-52H2,1-5H3/t55-/m0/s1. The van der Waals surface area contributed by atoms with Gasteiger partial charge in [-0.2, -0.15) is 0 Å². The Balaban J connectivity index is 4.28. The van der Waals surface area contributed by atoms with Crippen LogP contribution in [0.2, 0.25) is 0 Å². The van der Waals surface area contributed by atoms with Gasteiger partial charge in [0.25, 0.3) is 0 Å². The third-order valence-electron chi connectivity index (χ3n) is 13.2. The number of hydrogen-bond donors (Lipinski definition) is 0. The highest BCUT2D eigenvalue weighted by atomic mass is 16.6. The Morgan fingerprint density at radius 3 is 0.766 bits per heavy atom. The van der Waals surface area contributed by atoms with E-state index in [9.17, 15) is 14.4 Å². The predicted octanol–water partition coefficient (Wildman–Crippen LogP) is 18.9. The monoisotopic (exact) mass is 905 g/mol. The summed E-state index contributed by atoms with van der Waals surface area (Å²) in [7, 11) is 0. The summed E-state index contributed by atoms with van der Waals surface area (Å²) in [5.41, 5.74) is 0. The summed E-state index contributed by atoms with van der Waals surface area (Å²) in [6.07, 6.45) is 53.8. The van der Waals surface area contributed by atoms with Crippen LogP contribution >= 0.6 is 0 Å².